The molecule has 0 unspecified atom stereocenters. The highest BCUT2D eigenvalue weighted by Gasteiger charge is 2.05. The van der Waals surface area contributed by atoms with E-state index in [0.29, 0.717) is 0 Å². The van der Waals surface area contributed by atoms with E-state index in [1.165, 1.54) is 0 Å². The van der Waals surface area contributed by atoms with Gasteiger partial charge in [-0.25, -0.2) is 5.43 Å². The van der Waals surface area contributed by atoms with Crippen molar-refractivity contribution in [1.29, 1.82) is 0 Å². The summed E-state index contributed by atoms with van der Waals surface area (Å²) in [4.78, 5) is 11.8. The smallest absolute Gasteiger partial charge is 0.244 e. The number of hydrazone groups is 1. The maximum absolute atomic E-state index is 11.8. The van der Waals surface area contributed by atoms with Crippen molar-refractivity contribution in [3.8, 4) is 5.75 Å². The van der Waals surface area contributed by atoms with Gasteiger partial charge in [0.2, 0.25) is 5.91 Å². The largest absolute Gasteiger partial charge is 0.506 e. The molecule has 1 amide bonds. The number of phenolic OH excluding ortho intramolecular Hbond substituents is 1. The summed E-state index contributed by atoms with van der Waals surface area (Å²) in [5.41, 5.74) is 4.24. The molecule has 2 aromatic carbocycles. The van der Waals surface area contributed by atoms with Crippen molar-refractivity contribution in [3.63, 3.8) is 0 Å². The normalized spacial score (nSPS) is 10.9. The van der Waals surface area contributed by atoms with E-state index in [1.807, 2.05) is 24.3 Å². The zero-order valence-corrected chi connectivity index (χ0v) is 17.1. The lowest BCUT2D eigenvalue weighted by molar-refractivity contribution is -0.120. The fourth-order valence-corrected chi connectivity index (χ4v) is 3.75. The van der Waals surface area contributed by atoms with Gasteiger partial charge in [-0.05, 0) is 80.6 Å². The van der Waals surface area contributed by atoms with Gasteiger partial charge in [-0.3, -0.25) is 4.79 Å². The fraction of sp³-hybridized carbons (Fsp3) is 0.0667. The quantitative estimate of drug-likeness (QED) is 0.324. The third kappa shape index (κ3) is 5.20. The van der Waals surface area contributed by atoms with Crippen molar-refractivity contribution >= 4 is 73.2 Å². The highest BCUT2D eigenvalue weighted by atomic mass is 127. The molecular formula is C15H11BrI2N2O2. The van der Waals surface area contributed by atoms with Gasteiger partial charge in [0, 0.05) is 4.47 Å². The first-order chi connectivity index (χ1) is 10.5. The Bertz CT molecular complexity index is 695. The van der Waals surface area contributed by atoms with Crippen LogP contribution in [0.25, 0.3) is 0 Å². The van der Waals surface area contributed by atoms with E-state index in [2.05, 4.69) is 71.6 Å². The lowest BCUT2D eigenvalue weighted by Crippen LogP contribution is -2.19. The Morgan fingerprint density at radius 2 is 1.82 bits per heavy atom. The Morgan fingerprint density at radius 1 is 1.23 bits per heavy atom. The summed E-state index contributed by atoms with van der Waals surface area (Å²) in [6.45, 7) is 0. The highest BCUT2D eigenvalue weighted by Crippen LogP contribution is 2.26. The second-order valence-electron chi connectivity index (χ2n) is 4.43. The molecule has 22 heavy (non-hydrogen) atoms. The van der Waals surface area contributed by atoms with Crippen LogP contribution >= 0.6 is 61.1 Å². The molecule has 0 radical (unpaired) electrons. The molecule has 0 bridgehead atoms. The van der Waals surface area contributed by atoms with Gasteiger partial charge in [-0.15, -0.1) is 0 Å². The Morgan fingerprint density at radius 3 is 2.41 bits per heavy atom. The first-order valence-electron chi connectivity index (χ1n) is 6.20. The van der Waals surface area contributed by atoms with E-state index >= 15 is 0 Å². The van der Waals surface area contributed by atoms with Crippen LogP contribution in [-0.4, -0.2) is 17.2 Å². The van der Waals surface area contributed by atoms with Gasteiger partial charge in [0.15, 0.2) is 0 Å². The van der Waals surface area contributed by atoms with Crippen LogP contribution in [0.1, 0.15) is 11.1 Å². The van der Waals surface area contributed by atoms with Gasteiger partial charge in [-0.2, -0.15) is 5.10 Å². The zero-order valence-electron chi connectivity index (χ0n) is 11.2. The lowest BCUT2D eigenvalue weighted by Gasteiger charge is -2.03. The predicted molar refractivity (Wildman–Crippen MR) is 107 cm³/mol. The van der Waals surface area contributed by atoms with Crippen LogP contribution in [0, 0.1) is 7.14 Å². The van der Waals surface area contributed by atoms with Crippen molar-refractivity contribution in [2.75, 3.05) is 0 Å². The molecule has 0 atom stereocenters. The van der Waals surface area contributed by atoms with E-state index < -0.39 is 0 Å². The molecule has 2 aromatic rings. The maximum atomic E-state index is 11.8. The molecule has 7 heteroatoms. The van der Waals surface area contributed by atoms with E-state index in [1.54, 1.807) is 18.3 Å². The Hall–Kier alpha value is -0.680. The van der Waals surface area contributed by atoms with E-state index in [0.717, 1.165) is 22.7 Å². The fourth-order valence-electron chi connectivity index (χ4n) is 1.67. The molecule has 0 fully saturated rings. The average Bonchev–Trinajstić information content (AvgIpc) is 2.47. The minimum absolute atomic E-state index is 0.179. The number of amides is 1. The molecule has 2 rings (SSSR count). The number of nitrogens with zero attached hydrogens (tertiary/aromatic N) is 1. The highest BCUT2D eigenvalue weighted by molar-refractivity contribution is 14.1. The van der Waals surface area contributed by atoms with Crippen LogP contribution in [0.4, 0.5) is 0 Å². The van der Waals surface area contributed by atoms with Crippen LogP contribution in [-0.2, 0) is 11.2 Å². The van der Waals surface area contributed by atoms with Crippen LogP contribution in [0.3, 0.4) is 0 Å². The molecule has 0 aromatic heterocycles. The molecule has 0 aliphatic rings. The maximum Gasteiger partial charge on any atom is 0.244 e. The van der Waals surface area contributed by atoms with Gasteiger partial charge >= 0.3 is 0 Å². The number of halogens is 3. The Kier molecular flexibility index (Phi) is 6.63. The molecule has 0 spiro atoms. The number of phenols is 1. The monoisotopic (exact) mass is 584 g/mol. The van der Waals surface area contributed by atoms with E-state index in [9.17, 15) is 9.90 Å². The number of hydrogen-bond acceptors (Lipinski definition) is 3. The van der Waals surface area contributed by atoms with Gasteiger partial charge in [-0.1, -0.05) is 28.1 Å². The van der Waals surface area contributed by atoms with Crippen LogP contribution in [0.2, 0.25) is 0 Å². The second-order valence-corrected chi connectivity index (χ2v) is 7.67. The Labute approximate surface area is 163 Å². The number of nitrogens with one attached hydrogen (secondary N) is 1. The third-order valence-electron chi connectivity index (χ3n) is 2.72. The van der Waals surface area contributed by atoms with E-state index in [4.69, 9.17) is 0 Å². The molecule has 0 saturated carbocycles. The minimum Gasteiger partial charge on any atom is -0.506 e. The van der Waals surface area contributed by atoms with Gasteiger partial charge in [0.05, 0.1) is 19.8 Å². The minimum atomic E-state index is -0.179. The van der Waals surface area contributed by atoms with Crippen LogP contribution in [0.15, 0.2) is 46.0 Å². The summed E-state index contributed by atoms with van der Waals surface area (Å²) in [6, 6.07) is 11.2. The molecule has 0 aliphatic carbocycles. The predicted octanol–water partition coefficient (Wildman–Crippen LogP) is 4.06. The number of hydrogen-bond donors (Lipinski definition) is 2. The molecule has 114 valence electrons. The van der Waals surface area contributed by atoms with Crippen molar-refractivity contribution in [1.82, 2.24) is 5.43 Å². The average molecular weight is 585 g/mol. The summed E-state index contributed by atoms with van der Waals surface area (Å²) in [5.74, 6) is 0.0827. The van der Waals surface area contributed by atoms with Crippen molar-refractivity contribution in [2.45, 2.75) is 6.42 Å². The lowest BCUT2D eigenvalue weighted by atomic mass is 10.1. The van der Waals surface area contributed by atoms with Gasteiger partial charge < -0.3 is 5.11 Å². The van der Waals surface area contributed by atoms with Crippen molar-refractivity contribution in [2.24, 2.45) is 5.10 Å². The first kappa shape index (κ1) is 17.7. The third-order valence-corrected chi connectivity index (χ3v) is 4.89. The number of carbonyl (C=O) groups excluding carboxylic acids is 1. The van der Waals surface area contributed by atoms with Crippen molar-refractivity contribution < 1.29 is 9.90 Å². The molecule has 0 heterocycles. The molecular weight excluding hydrogens is 574 g/mol. The molecule has 0 aliphatic heterocycles. The molecule has 4 nitrogen and oxygen atoms in total. The SMILES string of the molecule is O=C(Cc1ccc(Br)cc1)N/N=C/c1cc(I)c(O)c(I)c1. The molecule has 2 N–H and O–H groups in total. The summed E-state index contributed by atoms with van der Waals surface area (Å²) >= 11 is 7.45. The van der Waals surface area contributed by atoms with Gasteiger partial charge in [0.25, 0.3) is 0 Å². The van der Waals surface area contributed by atoms with E-state index in [-0.39, 0.29) is 18.1 Å². The zero-order chi connectivity index (χ0) is 16.1. The number of benzene rings is 2. The summed E-state index contributed by atoms with van der Waals surface area (Å²) < 4.78 is 2.46. The van der Waals surface area contributed by atoms with Gasteiger partial charge in [0.1, 0.15) is 5.75 Å². The topological polar surface area (TPSA) is 61.7 Å². The van der Waals surface area contributed by atoms with Crippen molar-refractivity contribution in [3.05, 3.63) is 59.1 Å². The summed E-state index contributed by atoms with van der Waals surface area (Å²) in [5, 5.41) is 13.6. The van der Waals surface area contributed by atoms with Crippen LogP contribution in [0.5, 0.6) is 5.75 Å². The second kappa shape index (κ2) is 8.25. The molecule has 0 saturated heterocycles. The number of aromatic hydroxyl groups is 1. The first-order valence-corrected chi connectivity index (χ1v) is 9.15. The Balaban J connectivity index is 1.94. The standard InChI is InChI=1S/C15H11BrI2N2O2/c16-11-3-1-9(2-4-11)7-14(21)20-19-8-10-5-12(17)15(22)13(18)6-10/h1-6,8,22H,7H2,(H,20,21)/b19-8+. The number of rotatable bonds is 4. The summed E-state index contributed by atoms with van der Waals surface area (Å²) in [7, 11) is 0. The summed E-state index contributed by atoms with van der Waals surface area (Å²) in [6.07, 6.45) is 1.83. The number of carbonyl (C=O) groups is 1. The van der Waals surface area contributed by atoms with Crippen LogP contribution < -0.4 is 5.43 Å².